The highest BCUT2D eigenvalue weighted by Crippen LogP contribution is 2.38. The van der Waals surface area contributed by atoms with Gasteiger partial charge >= 0.3 is 12.1 Å². The second kappa shape index (κ2) is 15.2. The molecule has 2 aliphatic heterocycles. The summed E-state index contributed by atoms with van der Waals surface area (Å²) in [5, 5.41) is 17.4. The number of benzene rings is 3. The lowest BCUT2D eigenvalue weighted by Gasteiger charge is -2.25. The lowest BCUT2D eigenvalue weighted by atomic mass is 9.95. The molecular formula is C36H39N7O8S. The fourth-order valence-corrected chi connectivity index (χ4v) is 8.29. The van der Waals surface area contributed by atoms with Crippen LogP contribution in [0.3, 0.4) is 0 Å². The van der Waals surface area contributed by atoms with Gasteiger partial charge in [0.05, 0.1) is 30.4 Å². The third-order valence-electron chi connectivity index (χ3n) is 9.04. The smallest absolute Gasteiger partial charge is 0.410 e. The van der Waals surface area contributed by atoms with Gasteiger partial charge in [0, 0.05) is 25.4 Å². The number of imidazole rings is 1. The van der Waals surface area contributed by atoms with E-state index in [-0.39, 0.29) is 30.3 Å². The Labute approximate surface area is 300 Å². The van der Waals surface area contributed by atoms with Crippen LogP contribution in [0.25, 0.3) is 11.1 Å². The number of carbonyl (C=O) groups excluding carboxylic acids is 2. The Morgan fingerprint density at radius 3 is 2.44 bits per heavy atom. The molecule has 2 unspecified atom stereocenters. The largest absolute Gasteiger partial charge is 0.480 e. The van der Waals surface area contributed by atoms with Crippen molar-refractivity contribution in [1.29, 1.82) is 0 Å². The number of hydrogen-bond donors (Lipinski definition) is 4. The fraction of sp³-hybridized carbons (Fsp3) is 0.306. The van der Waals surface area contributed by atoms with Crippen LogP contribution in [-0.2, 0) is 35.8 Å². The first-order valence-electron chi connectivity index (χ1n) is 16.6. The van der Waals surface area contributed by atoms with E-state index >= 15 is 0 Å². The molecule has 1 saturated heterocycles. The Morgan fingerprint density at radius 2 is 1.81 bits per heavy atom. The second-order valence-corrected chi connectivity index (χ2v) is 14.5. The van der Waals surface area contributed by atoms with Gasteiger partial charge in [-0.05, 0) is 41.7 Å². The molecule has 1 fully saturated rings. The van der Waals surface area contributed by atoms with Gasteiger partial charge in [0.25, 0.3) is 0 Å². The number of amides is 2. The van der Waals surface area contributed by atoms with Crippen molar-refractivity contribution in [2.45, 2.75) is 55.9 Å². The van der Waals surface area contributed by atoms with Gasteiger partial charge in [0.1, 0.15) is 12.6 Å². The minimum absolute atomic E-state index is 0.0453. The molecule has 272 valence electrons. The van der Waals surface area contributed by atoms with Crippen molar-refractivity contribution in [2.24, 2.45) is 5.16 Å². The maximum absolute atomic E-state index is 13.7. The lowest BCUT2D eigenvalue weighted by molar-refractivity contribution is -0.139. The average molecular weight is 730 g/mol. The van der Waals surface area contributed by atoms with Gasteiger partial charge in [-0.2, -0.15) is 4.72 Å². The van der Waals surface area contributed by atoms with Crippen LogP contribution in [0.2, 0.25) is 0 Å². The van der Waals surface area contributed by atoms with Gasteiger partial charge in [0.2, 0.25) is 16.4 Å². The highest BCUT2D eigenvalue weighted by molar-refractivity contribution is 7.89. The van der Waals surface area contributed by atoms with E-state index in [2.05, 4.69) is 25.2 Å². The maximum Gasteiger partial charge on any atom is 0.410 e. The minimum atomic E-state index is -4.36. The summed E-state index contributed by atoms with van der Waals surface area (Å²) in [5.74, 6) is -0.884. The van der Waals surface area contributed by atoms with Crippen LogP contribution in [0.4, 0.5) is 10.7 Å². The van der Waals surface area contributed by atoms with E-state index in [4.69, 9.17) is 9.57 Å². The van der Waals surface area contributed by atoms with Crippen LogP contribution >= 0.6 is 0 Å². The number of carboxylic acids is 1. The zero-order valence-electron chi connectivity index (χ0n) is 28.6. The number of aromatic nitrogens is 2. The molecule has 16 heteroatoms. The molecule has 1 aromatic heterocycles. The van der Waals surface area contributed by atoms with Crippen molar-refractivity contribution in [3.05, 3.63) is 102 Å². The number of likely N-dealkylation sites (tertiary alicyclic amines) is 1. The van der Waals surface area contributed by atoms with Gasteiger partial charge in [-0.15, -0.1) is 0 Å². The normalized spacial score (nSPS) is 18.8. The number of amidine groups is 1. The van der Waals surface area contributed by atoms with Gasteiger partial charge in [-0.1, -0.05) is 78.0 Å². The molecular weight excluding hydrogens is 691 g/mol. The number of nitrogens with zero attached hydrogens (tertiary/aromatic N) is 4. The molecule has 3 atom stereocenters. The molecule has 3 aromatic carbocycles. The van der Waals surface area contributed by atoms with E-state index in [1.165, 1.54) is 4.90 Å². The molecule has 0 radical (unpaired) electrons. The van der Waals surface area contributed by atoms with Crippen molar-refractivity contribution in [3.8, 4) is 11.1 Å². The highest BCUT2D eigenvalue weighted by Gasteiger charge is 2.53. The van der Waals surface area contributed by atoms with E-state index in [9.17, 15) is 27.9 Å². The monoisotopic (exact) mass is 729 g/mol. The van der Waals surface area contributed by atoms with Crippen molar-refractivity contribution in [3.63, 3.8) is 0 Å². The van der Waals surface area contributed by atoms with Crippen molar-refractivity contribution in [1.82, 2.24) is 24.5 Å². The maximum atomic E-state index is 13.7. The SMILES string of the molecule is Cc1cc(-c2ccccc2)cc(C)c1S(=O)(=O)NC(CN(C=O)C1=NO[C@]2(C1)CC(CNc1ncc[nH]1)N(C(=O)OCc1ccccc1)C2)C(=O)O. The average Bonchev–Trinajstić information content (AvgIpc) is 3.89. The van der Waals surface area contributed by atoms with E-state index in [0.717, 1.165) is 21.6 Å². The number of carbonyl (C=O) groups is 3. The van der Waals surface area contributed by atoms with Crippen molar-refractivity contribution in [2.75, 3.05) is 25.0 Å². The van der Waals surface area contributed by atoms with Gasteiger partial charge in [-0.3, -0.25) is 19.4 Å². The first-order chi connectivity index (χ1) is 25.0. The zero-order chi connectivity index (χ0) is 36.9. The summed E-state index contributed by atoms with van der Waals surface area (Å²) in [7, 11) is -4.36. The van der Waals surface area contributed by atoms with Gasteiger partial charge < -0.3 is 25.0 Å². The number of anilines is 1. The number of aryl methyl sites for hydroxylation is 2. The number of nitrogens with one attached hydrogen (secondary N) is 3. The van der Waals surface area contributed by atoms with Gasteiger partial charge in [-0.25, -0.2) is 18.2 Å². The molecule has 6 rings (SSSR count). The Morgan fingerprint density at radius 1 is 1.12 bits per heavy atom. The number of aliphatic carboxylic acids is 1. The molecule has 52 heavy (non-hydrogen) atoms. The second-order valence-electron chi connectivity index (χ2n) is 12.9. The third kappa shape index (κ3) is 8.08. The molecule has 15 nitrogen and oxygen atoms in total. The predicted octanol–water partition coefficient (Wildman–Crippen LogP) is 3.88. The molecule has 1 spiro atoms. The number of rotatable bonds is 13. The molecule has 0 bridgehead atoms. The summed E-state index contributed by atoms with van der Waals surface area (Å²) in [5.41, 5.74) is 2.36. The van der Waals surface area contributed by atoms with Crippen LogP contribution in [0.15, 0.2) is 95.2 Å². The standard InChI is InChI=1S/C36H39N7O8S/c1-24-15-28(27-11-7-4-8-12-27)16-25(2)32(24)52(48,49)41-30(33(45)46)20-42(23-44)31-18-36(51-40-31)17-29(19-39-34-37-13-14-38-34)43(22-36)35(47)50-21-26-9-5-3-6-10-26/h3-16,23,29-30,41H,17-22H2,1-2H3,(H,45,46)(H2,37,38,39)/t29?,30?,36-/m0/s1. The molecule has 4 N–H and O–H groups in total. The predicted molar refractivity (Wildman–Crippen MR) is 191 cm³/mol. The number of sulfonamides is 1. The Bertz CT molecular complexity index is 2020. The number of oxime groups is 1. The Balaban J connectivity index is 1.15. The van der Waals surface area contributed by atoms with Crippen molar-refractivity contribution >= 4 is 40.3 Å². The summed E-state index contributed by atoms with van der Waals surface area (Å²) in [6.07, 6.45) is 3.41. The first kappa shape index (κ1) is 36.1. The summed E-state index contributed by atoms with van der Waals surface area (Å²) in [6, 6.07) is 20.0. The quantitative estimate of drug-likeness (QED) is 0.147. The molecule has 2 aliphatic rings. The molecule has 3 heterocycles. The number of ether oxygens (including phenoxy) is 1. The Hall–Kier alpha value is -5.74. The summed E-state index contributed by atoms with van der Waals surface area (Å²) >= 11 is 0. The molecule has 2 amide bonds. The van der Waals surface area contributed by atoms with E-state index < -0.39 is 46.3 Å². The topological polar surface area (TPSA) is 196 Å². The number of carboxylic acid groups (broad SMARTS) is 1. The highest BCUT2D eigenvalue weighted by atomic mass is 32.2. The third-order valence-corrected chi connectivity index (χ3v) is 10.8. The number of hydrogen-bond acceptors (Lipinski definition) is 10. The minimum Gasteiger partial charge on any atom is -0.480 e. The summed E-state index contributed by atoms with van der Waals surface area (Å²) < 4.78 is 35.2. The van der Waals surface area contributed by atoms with Crippen LogP contribution in [-0.4, -0.2) is 94.9 Å². The number of H-pyrrole nitrogens is 1. The van der Waals surface area contributed by atoms with Gasteiger partial charge in [0.15, 0.2) is 17.4 Å². The zero-order valence-corrected chi connectivity index (χ0v) is 29.4. The molecule has 4 aromatic rings. The van der Waals surface area contributed by atoms with E-state index in [0.29, 0.717) is 36.5 Å². The fourth-order valence-electron chi connectivity index (χ4n) is 6.66. The van der Waals surface area contributed by atoms with Crippen LogP contribution in [0, 0.1) is 13.8 Å². The van der Waals surface area contributed by atoms with Crippen molar-refractivity contribution < 1.29 is 37.5 Å². The molecule has 0 aliphatic carbocycles. The first-order valence-corrected chi connectivity index (χ1v) is 18.0. The lowest BCUT2D eigenvalue weighted by Crippen LogP contribution is -2.50. The number of aromatic amines is 1. The van der Waals surface area contributed by atoms with Crippen LogP contribution in [0.5, 0.6) is 0 Å². The van der Waals surface area contributed by atoms with E-state index in [1.807, 2.05) is 60.7 Å². The Kier molecular flexibility index (Phi) is 10.6. The summed E-state index contributed by atoms with van der Waals surface area (Å²) in [4.78, 5) is 53.7. The van der Waals surface area contributed by atoms with Crippen LogP contribution in [0.1, 0.15) is 29.5 Å². The molecule has 0 saturated carbocycles. The van der Waals surface area contributed by atoms with Crippen LogP contribution < -0.4 is 10.0 Å². The van der Waals surface area contributed by atoms with E-state index in [1.54, 1.807) is 38.4 Å². The summed E-state index contributed by atoms with van der Waals surface area (Å²) in [6.45, 7) is 3.14.